The number of amides is 1. The molecule has 0 spiro atoms. The number of hydrogen-bond donors (Lipinski definition) is 1. The second-order valence-electron chi connectivity index (χ2n) is 9.24. The highest BCUT2D eigenvalue weighted by atomic mass is 16.5. The second-order valence-corrected chi connectivity index (χ2v) is 9.24. The van der Waals surface area contributed by atoms with Crippen LogP contribution in [-0.4, -0.2) is 54.5 Å². The largest absolute Gasteiger partial charge is 0.466 e. The van der Waals surface area contributed by atoms with E-state index in [1.54, 1.807) is 18.0 Å². The Morgan fingerprint density at radius 1 is 1.17 bits per heavy atom. The van der Waals surface area contributed by atoms with Crippen LogP contribution < -0.4 is 10.5 Å². The Kier molecular flexibility index (Phi) is 7.24. The topological polar surface area (TPSA) is 82.7 Å². The number of rotatable bonds is 6. The van der Waals surface area contributed by atoms with Gasteiger partial charge in [-0.25, -0.2) is 0 Å². The lowest BCUT2D eigenvalue weighted by atomic mass is 9.96. The predicted molar refractivity (Wildman–Crippen MR) is 139 cm³/mol. The first kappa shape index (κ1) is 24.5. The Morgan fingerprint density at radius 2 is 1.94 bits per heavy atom. The van der Waals surface area contributed by atoms with E-state index < -0.39 is 6.04 Å². The molecule has 0 unspecified atom stereocenters. The molecule has 2 heterocycles. The van der Waals surface area contributed by atoms with E-state index in [1.807, 2.05) is 55.3 Å². The van der Waals surface area contributed by atoms with Crippen LogP contribution in [0.4, 0.5) is 5.69 Å². The number of piperidine rings is 1. The van der Waals surface area contributed by atoms with Crippen LogP contribution in [-0.2, 0) is 14.3 Å². The molecule has 7 nitrogen and oxygen atoms in total. The normalized spacial score (nSPS) is 16.7. The maximum absolute atomic E-state index is 13.3. The first-order valence-electron chi connectivity index (χ1n) is 12.2. The highest BCUT2D eigenvalue weighted by Crippen LogP contribution is 2.31. The zero-order valence-corrected chi connectivity index (χ0v) is 20.8. The van der Waals surface area contributed by atoms with Gasteiger partial charge in [0.1, 0.15) is 6.04 Å². The number of ether oxygens (including phenoxy) is 1. The van der Waals surface area contributed by atoms with Gasteiger partial charge in [0, 0.05) is 43.0 Å². The van der Waals surface area contributed by atoms with E-state index in [-0.39, 0.29) is 23.4 Å². The molecule has 4 rings (SSSR count). The van der Waals surface area contributed by atoms with Gasteiger partial charge in [0.2, 0.25) is 5.91 Å². The van der Waals surface area contributed by atoms with Crippen molar-refractivity contribution in [3.05, 3.63) is 64.6 Å². The molecule has 0 aliphatic carbocycles. The van der Waals surface area contributed by atoms with Gasteiger partial charge in [-0.2, -0.15) is 0 Å². The monoisotopic (exact) mass is 475 g/mol. The molecular formula is C28H33N3O4. The fourth-order valence-electron chi connectivity index (χ4n) is 4.85. The minimum absolute atomic E-state index is 0.0378. The summed E-state index contributed by atoms with van der Waals surface area (Å²) >= 11 is 0. The van der Waals surface area contributed by atoms with Crippen LogP contribution in [0.15, 0.2) is 53.5 Å². The number of H-pyrrole nitrogens is 1. The zero-order chi connectivity index (χ0) is 25.1. The lowest BCUT2D eigenvalue weighted by Crippen LogP contribution is -2.50. The maximum atomic E-state index is 13.3. The van der Waals surface area contributed by atoms with Gasteiger partial charge in [-0.15, -0.1) is 0 Å². The maximum Gasteiger partial charge on any atom is 0.310 e. The summed E-state index contributed by atoms with van der Waals surface area (Å²) in [4.78, 5) is 44.8. The van der Waals surface area contributed by atoms with Crippen LogP contribution in [0.1, 0.15) is 32.3 Å². The van der Waals surface area contributed by atoms with Gasteiger partial charge >= 0.3 is 5.97 Å². The number of nitrogens with one attached hydrogen (secondary N) is 1. The van der Waals surface area contributed by atoms with Crippen molar-refractivity contribution in [3.63, 3.8) is 0 Å². The van der Waals surface area contributed by atoms with Gasteiger partial charge in [-0.1, -0.05) is 30.3 Å². The second kappa shape index (κ2) is 10.3. The quantitative estimate of drug-likeness (QED) is 0.542. The lowest BCUT2D eigenvalue weighted by molar-refractivity contribution is -0.151. The summed E-state index contributed by atoms with van der Waals surface area (Å²) in [5.74, 6) is -0.544. The predicted octanol–water partition coefficient (Wildman–Crippen LogP) is 4.13. The Morgan fingerprint density at radius 3 is 2.69 bits per heavy atom. The number of carbonyl (C=O) groups excluding carboxylic acids is 2. The highest BCUT2D eigenvalue weighted by molar-refractivity contribution is 5.98. The summed E-state index contributed by atoms with van der Waals surface area (Å²) in [6.07, 6.45) is 3.28. The third-order valence-electron chi connectivity index (χ3n) is 7.02. The van der Waals surface area contributed by atoms with E-state index in [0.717, 1.165) is 40.6 Å². The molecule has 1 aromatic heterocycles. The van der Waals surface area contributed by atoms with Crippen LogP contribution in [0.5, 0.6) is 0 Å². The van der Waals surface area contributed by atoms with E-state index in [9.17, 15) is 14.4 Å². The first-order chi connectivity index (χ1) is 16.8. The zero-order valence-electron chi connectivity index (χ0n) is 20.8. The van der Waals surface area contributed by atoms with E-state index in [4.69, 9.17) is 4.74 Å². The molecule has 1 fully saturated rings. The number of likely N-dealkylation sites (tertiary alicyclic amines) is 1. The summed E-state index contributed by atoms with van der Waals surface area (Å²) in [7, 11) is 1.86. The minimum atomic E-state index is -0.452. The third kappa shape index (κ3) is 4.94. The van der Waals surface area contributed by atoms with Gasteiger partial charge in [0.25, 0.3) is 5.56 Å². The van der Waals surface area contributed by atoms with Crippen LogP contribution in [0.3, 0.4) is 0 Å². The number of fused-ring (bicyclic) bond motifs is 1. The number of aromatic amines is 1. The number of hydrogen-bond acceptors (Lipinski definition) is 5. The van der Waals surface area contributed by atoms with Crippen molar-refractivity contribution in [1.82, 2.24) is 9.88 Å². The molecule has 0 saturated carbocycles. The summed E-state index contributed by atoms with van der Waals surface area (Å²) in [5.41, 5.74) is 3.78. The third-order valence-corrected chi connectivity index (χ3v) is 7.02. The standard InChI is InChI=1S/C28H33N3O4/c1-5-35-28(34)20-10-8-14-31(17-20)27(33)19(3)30(4)21-12-13-23-24(15-21)26(32)29-16-25(23)22-11-7-6-9-18(22)2/h6-7,9,11-13,15-16,19-20H,5,8,10,14,17H2,1-4H3,(H,29,32)/t19-,20-/m0/s1. The van der Waals surface area contributed by atoms with Crippen molar-refractivity contribution in [3.8, 4) is 11.1 Å². The molecular weight excluding hydrogens is 442 g/mol. The molecule has 1 aliphatic heterocycles. The number of aryl methyl sites for hydroxylation is 1. The molecule has 1 N–H and O–H groups in total. The van der Waals surface area contributed by atoms with Crippen molar-refractivity contribution in [2.45, 2.75) is 39.7 Å². The van der Waals surface area contributed by atoms with Crippen molar-refractivity contribution in [2.24, 2.45) is 5.92 Å². The van der Waals surface area contributed by atoms with Crippen molar-refractivity contribution >= 4 is 28.3 Å². The van der Waals surface area contributed by atoms with E-state index in [0.29, 0.717) is 25.1 Å². The molecule has 35 heavy (non-hydrogen) atoms. The summed E-state index contributed by atoms with van der Waals surface area (Å²) < 4.78 is 5.17. The van der Waals surface area contributed by atoms with Crippen LogP contribution in [0.25, 0.3) is 21.9 Å². The average molecular weight is 476 g/mol. The number of esters is 1. The van der Waals surface area contributed by atoms with Crippen LogP contribution in [0, 0.1) is 12.8 Å². The average Bonchev–Trinajstić information content (AvgIpc) is 2.88. The van der Waals surface area contributed by atoms with Gasteiger partial charge in [0.05, 0.1) is 12.5 Å². The molecule has 7 heteroatoms. The highest BCUT2D eigenvalue weighted by Gasteiger charge is 2.32. The first-order valence-corrected chi connectivity index (χ1v) is 12.2. The molecule has 184 valence electrons. The molecule has 1 saturated heterocycles. The van der Waals surface area contributed by atoms with E-state index in [2.05, 4.69) is 18.0 Å². The fourth-order valence-corrected chi connectivity index (χ4v) is 4.85. The molecule has 1 amide bonds. The smallest absolute Gasteiger partial charge is 0.310 e. The lowest BCUT2D eigenvalue weighted by Gasteiger charge is -2.36. The Bertz CT molecular complexity index is 1300. The van der Waals surface area contributed by atoms with Crippen LogP contribution in [0.2, 0.25) is 0 Å². The molecule has 2 atom stereocenters. The molecule has 2 aromatic carbocycles. The number of anilines is 1. The summed E-state index contributed by atoms with van der Waals surface area (Å²) in [6, 6.07) is 13.4. The number of carbonyl (C=O) groups is 2. The summed E-state index contributed by atoms with van der Waals surface area (Å²) in [6.45, 7) is 7.05. The van der Waals surface area contributed by atoms with Gasteiger partial charge in [-0.3, -0.25) is 14.4 Å². The number of nitrogens with zero attached hydrogens (tertiary/aromatic N) is 2. The van der Waals surface area contributed by atoms with E-state index in [1.165, 1.54) is 0 Å². The molecule has 0 radical (unpaired) electrons. The van der Waals surface area contributed by atoms with Crippen molar-refractivity contribution in [1.29, 1.82) is 0 Å². The van der Waals surface area contributed by atoms with Crippen LogP contribution >= 0.6 is 0 Å². The number of likely N-dealkylation sites (N-methyl/N-ethyl adjacent to an activating group) is 1. The number of pyridine rings is 1. The molecule has 0 bridgehead atoms. The van der Waals surface area contributed by atoms with Gasteiger partial charge < -0.3 is 19.5 Å². The van der Waals surface area contributed by atoms with Crippen molar-refractivity contribution < 1.29 is 14.3 Å². The van der Waals surface area contributed by atoms with Gasteiger partial charge in [0.15, 0.2) is 0 Å². The number of aromatic nitrogens is 1. The fraction of sp³-hybridized carbons (Fsp3) is 0.393. The Labute approximate surface area is 205 Å². The number of benzene rings is 2. The van der Waals surface area contributed by atoms with E-state index >= 15 is 0 Å². The molecule has 3 aromatic rings. The molecule has 1 aliphatic rings. The minimum Gasteiger partial charge on any atom is -0.466 e. The summed E-state index contributed by atoms with van der Waals surface area (Å²) in [5, 5.41) is 1.45. The SMILES string of the molecule is CCOC(=O)[C@H]1CCCN(C(=O)[C@H](C)N(C)c2ccc3c(-c4ccccc4C)c[nH]c(=O)c3c2)C1. The Balaban J connectivity index is 1.59. The van der Waals surface area contributed by atoms with Crippen molar-refractivity contribution in [2.75, 3.05) is 31.6 Å². The Hall–Kier alpha value is -3.61. The van der Waals surface area contributed by atoms with Gasteiger partial charge in [-0.05, 0) is 62.3 Å².